The van der Waals surface area contributed by atoms with Crippen LogP contribution in [0.4, 0.5) is 10.5 Å². The smallest absolute Gasteiger partial charge is 0.321 e. The minimum atomic E-state index is -0.482. The van der Waals surface area contributed by atoms with Crippen LogP contribution >= 0.6 is 0 Å². The van der Waals surface area contributed by atoms with Gasteiger partial charge >= 0.3 is 6.03 Å². The van der Waals surface area contributed by atoms with E-state index in [9.17, 15) is 9.90 Å². The van der Waals surface area contributed by atoms with E-state index in [1.807, 2.05) is 18.2 Å². The number of anilines is 1. The summed E-state index contributed by atoms with van der Waals surface area (Å²) in [6.07, 6.45) is 0.334. The number of piperidine rings is 1. The summed E-state index contributed by atoms with van der Waals surface area (Å²) in [7, 11) is 1.59. The Hall–Kier alpha value is -1.75. The van der Waals surface area contributed by atoms with E-state index in [1.54, 1.807) is 18.1 Å². The highest BCUT2D eigenvalue weighted by molar-refractivity contribution is 5.89. The second-order valence-corrected chi connectivity index (χ2v) is 6.94. The van der Waals surface area contributed by atoms with Crippen molar-refractivity contribution in [2.24, 2.45) is 11.3 Å². The highest BCUT2D eigenvalue weighted by Crippen LogP contribution is 2.34. The molecule has 1 aliphatic heterocycles. The molecule has 1 fully saturated rings. The van der Waals surface area contributed by atoms with Gasteiger partial charge in [-0.25, -0.2) is 4.79 Å². The van der Waals surface area contributed by atoms with E-state index in [0.29, 0.717) is 24.5 Å². The van der Waals surface area contributed by atoms with Crippen LogP contribution in [0.1, 0.15) is 27.2 Å². The van der Waals surface area contributed by atoms with Crippen LogP contribution in [0.3, 0.4) is 0 Å². The maximum absolute atomic E-state index is 12.3. The van der Waals surface area contributed by atoms with Gasteiger partial charge in [-0.15, -0.1) is 0 Å². The maximum Gasteiger partial charge on any atom is 0.321 e. The number of hydrogen-bond acceptors (Lipinski definition) is 3. The first-order valence-corrected chi connectivity index (χ1v) is 7.69. The van der Waals surface area contributed by atoms with Crippen LogP contribution in [0.2, 0.25) is 0 Å². The number of methoxy groups -OCH3 is 1. The largest absolute Gasteiger partial charge is 0.497 e. The summed E-state index contributed by atoms with van der Waals surface area (Å²) >= 11 is 0. The van der Waals surface area contributed by atoms with Gasteiger partial charge < -0.3 is 20.1 Å². The first-order chi connectivity index (χ1) is 10.3. The van der Waals surface area contributed by atoms with Crippen molar-refractivity contribution in [1.29, 1.82) is 0 Å². The Labute approximate surface area is 132 Å². The van der Waals surface area contributed by atoms with E-state index in [1.165, 1.54) is 0 Å². The molecule has 5 heteroatoms. The fourth-order valence-corrected chi connectivity index (χ4v) is 3.03. The first-order valence-electron chi connectivity index (χ1n) is 7.69. The molecule has 122 valence electrons. The lowest BCUT2D eigenvalue weighted by Crippen LogP contribution is -2.51. The molecule has 1 heterocycles. The Morgan fingerprint density at radius 1 is 1.41 bits per heavy atom. The number of amides is 2. The number of urea groups is 1. The van der Waals surface area contributed by atoms with E-state index in [2.05, 4.69) is 26.1 Å². The van der Waals surface area contributed by atoms with Gasteiger partial charge in [0.05, 0.1) is 13.2 Å². The fourth-order valence-electron chi connectivity index (χ4n) is 3.03. The summed E-state index contributed by atoms with van der Waals surface area (Å²) in [6, 6.07) is 7.07. The average Bonchev–Trinajstić information content (AvgIpc) is 2.46. The van der Waals surface area contributed by atoms with Crippen molar-refractivity contribution in [3.63, 3.8) is 0 Å². The molecule has 1 aromatic rings. The predicted molar refractivity (Wildman–Crippen MR) is 87.2 cm³/mol. The third-order valence-corrected chi connectivity index (χ3v) is 4.30. The van der Waals surface area contributed by atoms with E-state index < -0.39 is 6.10 Å². The van der Waals surface area contributed by atoms with Gasteiger partial charge in [0.15, 0.2) is 0 Å². The highest BCUT2D eigenvalue weighted by Gasteiger charge is 2.37. The zero-order valence-electron chi connectivity index (χ0n) is 13.8. The molecule has 1 aliphatic rings. The van der Waals surface area contributed by atoms with E-state index in [4.69, 9.17) is 4.74 Å². The first kappa shape index (κ1) is 16.6. The molecular weight excluding hydrogens is 280 g/mol. The molecule has 2 rings (SSSR count). The Morgan fingerprint density at radius 2 is 2.14 bits per heavy atom. The Bertz CT molecular complexity index is 525. The topological polar surface area (TPSA) is 61.8 Å². The molecular formula is C17H26N2O3. The predicted octanol–water partition coefficient (Wildman–Crippen LogP) is 2.96. The van der Waals surface area contributed by atoms with E-state index in [-0.39, 0.29) is 17.4 Å². The number of nitrogens with one attached hydrogen (secondary N) is 1. The Balaban J connectivity index is 1.97. The van der Waals surface area contributed by atoms with Gasteiger partial charge in [-0.1, -0.05) is 26.8 Å². The van der Waals surface area contributed by atoms with Gasteiger partial charge in [-0.2, -0.15) is 0 Å². The minimum absolute atomic E-state index is 0.0504. The highest BCUT2D eigenvalue weighted by atomic mass is 16.5. The van der Waals surface area contributed by atoms with Crippen LogP contribution in [0.15, 0.2) is 24.3 Å². The molecule has 2 amide bonds. The molecule has 2 atom stereocenters. The van der Waals surface area contributed by atoms with E-state index >= 15 is 0 Å². The summed E-state index contributed by atoms with van der Waals surface area (Å²) in [6.45, 7) is 7.43. The molecule has 22 heavy (non-hydrogen) atoms. The molecule has 1 saturated heterocycles. The lowest BCUT2D eigenvalue weighted by Gasteiger charge is -2.42. The number of benzene rings is 1. The normalized spacial score (nSPS) is 22.3. The number of carbonyl (C=O) groups excluding carboxylic acids is 1. The summed E-state index contributed by atoms with van der Waals surface area (Å²) in [5.74, 6) is 0.914. The lowest BCUT2D eigenvalue weighted by atomic mass is 9.74. The third-order valence-electron chi connectivity index (χ3n) is 4.30. The quantitative estimate of drug-likeness (QED) is 0.883. The zero-order chi connectivity index (χ0) is 16.3. The van der Waals surface area contributed by atoms with Crippen molar-refractivity contribution in [1.82, 2.24) is 4.90 Å². The third kappa shape index (κ3) is 3.91. The van der Waals surface area contributed by atoms with Crippen molar-refractivity contribution in [2.75, 3.05) is 25.5 Å². The Kier molecular flexibility index (Phi) is 4.96. The molecule has 0 unspecified atom stereocenters. The molecule has 5 nitrogen and oxygen atoms in total. The number of carbonyl (C=O) groups is 1. The average molecular weight is 306 g/mol. The molecule has 2 N–H and O–H groups in total. The number of aliphatic hydroxyl groups is 1. The van der Waals surface area contributed by atoms with Crippen LogP contribution in [0.25, 0.3) is 0 Å². The van der Waals surface area contributed by atoms with Crippen LogP contribution in [-0.2, 0) is 0 Å². The molecule has 0 spiro atoms. The molecule has 0 bridgehead atoms. The second-order valence-electron chi connectivity index (χ2n) is 6.94. The van der Waals surface area contributed by atoms with E-state index in [0.717, 1.165) is 6.42 Å². The van der Waals surface area contributed by atoms with Crippen molar-refractivity contribution >= 4 is 11.7 Å². The number of nitrogens with zero attached hydrogens (tertiary/aromatic N) is 1. The van der Waals surface area contributed by atoms with Gasteiger partial charge in [0.2, 0.25) is 0 Å². The number of aliphatic hydroxyl groups excluding tert-OH is 1. The number of ether oxygens (including phenoxy) is 1. The van der Waals surface area contributed by atoms with Gasteiger partial charge in [0.1, 0.15) is 5.75 Å². The molecule has 0 aromatic heterocycles. The number of β-amino-alcohol motifs (C(OH)–C–C–N with tert-alkyl or cyclic N) is 1. The molecule has 0 radical (unpaired) electrons. The SMILES string of the molecule is COc1cccc(NC(=O)N2CC[C@H](C(C)(C)C)[C@@H](O)C2)c1. The molecule has 0 aliphatic carbocycles. The maximum atomic E-state index is 12.3. The lowest BCUT2D eigenvalue weighted by molar-refractivity contribution is -0.0108. The minimum Gasteiger partial charge on any atom is -0.497 e. The van der Waals surface area contributed by atoms with Gasteiger partial charge in [-0.05, 0) is 29.9 Å². The summed E-state index contributed by atoms with van der Waals surface area (Å²) in [5.41, 5.74) is 0.742. The summed E-state index contributed by atoms with van der Waals surface area (Å²) < 4.78 is 5.15. The van der Waals surface area contributed by atoms with Gasteiger partial charge in [0, 0.05) is 24.8 Å². The number of rotatable bonds is 2. The van der Waals surface area contributed by atoms with Crippen LogP contribution in [-0.4, -0.2) is 42.3 Å². The van der Waals surface area contributed by atoms with Crippen LogP contribution in [0, 0.1) is 11.3 Å². The van der Waals surface area contributed by atoms with Crippen molar-refractivity contribution < 1.29 is 14.6 Å². The summed E-state index contributed by atoms with van der Waals surface area (Å²) in [5, 5.41) is 13.2. The summed E-state index contributed by atoms with van der Waals surface area (Å²) in [4.78, 5) is 14.0. The number of hydrogen-bond donors (Lipinski definition) is 2. The van der Waals surface area contributed by atoms with Gasteiger partial charge in [-0.3, -0.25) is 0 Å². The zero-order valence-corrected chi connectivity index (χ0v) is 13.8. The van der Waals surface area contributed by atoms with Crippen molar-refractivity contribution in [3.8, 4) is 5.75 Å². The standard InChI is InChI=1S/C17H26N2O3/c1-17(2,3)14-8-9-19(11-15(14)20)16(21)18-12-6-5-7-13(10-12)22-4/h5-7,10,14-15,20H,8-9,11H2,1-4H3,(H,18,21)/t14-,15-/m0/s1. The monoisotopic (exact) mass is 306 g/mol. The Morgan fingerprint density at radius 3 is 2.73 bits per heavy atom. The second kappa shape index (κ2) is 6.57. The van der Waals surface area contributed by atoms with Crippen LogP contribution in [0.5, 0.6) is 5.75 Å². The van der Waals surface area contributed by atoms with Gasteiger partial charge in [0.25, 0.3) is 0 Å². The molecule has 0 saturated carbocycles. The van der Waals surface area contributed by atoms with Crippen LogP contribution < -0.4 is 10.1 Å². The van der Waals surface area contributed by atoms with Crippen molar-refractivity contribution in [2.45, 2.75) is 33.3 Å². The molecule has 1 aromatic carbocycles. The van der Waals surface area contributed by atoms with Crippen molar-refractivity contribution in [3.05, 3.63) is 24.3 Å². The fraction of sp³-hybridized carbons (Fsp3) is 0.588. The number of likely N-dealkylation sites (tertiary alicyclic amines) is 1.